The highest BCUT2D eigenvalue weighted by atomic mass is 16.2. The van der Waals surface area contributed by atoms with E-state index in [-0.39, 0.29) is 5.91 Å². The molecule has 1 amide bonds. The van der Waals surface area contributed by atoms with Crippen molar-refractivity contribution in [3.63, 3.8) is 0 Å². The Hall–Kier alpha value is -3.47. The van der Waals surface area contributed by atoms with Crippen LogP contribution in [0, 0.1) is 0 Å². The number of anilines is 1. The molecule has 0 atom stereocenters. The number of hydrazine groups is 1. The van der Waals surface area contributed by atoms with Crippen LogP contribution in [0.15, 0.2) is 72.9 Å². The standard InChI is InChI=1S/C19H14N4O/c24-19(23-22-17-11-5-6-12-20-17)18-13-7-1-3-9-15(13)21-16-10-4-2-8-14(16)18/h1-12H,(H,20,22)(H,23,24). The number of nitrogens with zero attached hydrogens (tertiary/aromatic N) is 2. The molecule has 0 spiro atoms. The fourth-order valence-corrected chi connectivity index (χ4v) is 2.70. The highest BCUT2D eigenvalue weighted by Crippen LogP contribution is 2.25. The number of hydrogen-bond donors (Lipinski definition) is 2. The summed E-state index contributed by atoms with van der Waals surface area (Å²) >= 11 is 0. The smallest absolute Gasteiger partial charge is 0.271 e. The Labute approximate surface area is 138 Å². The van der Waals surface area contributed by atoms with Crippen molar-refractivity contribution in [1.82, 2.24) is 15.4 Å². The van der Waals surface area contributed by atoms with Gasteiger partial charge in [-0.15, -0.1) is 0 Å². The van der Waals surface area contributed by atoms with Gasteiger partial charge in [0.1, 0.15) is 5.82 Å². The van der Waals surface area contributed by atoms with Crippen LogP contribution in [0.5, 0.6) is 0 Å². The van der Waals surface area contributed by atoms with Gasteiger partial charge in [0.15, 0.2) is 0 Å². The SMILES string of the molecule is O=C(NNc1ccccn1)c1c2ccccc2nc2ccccc12. The molecule has 5 heteroatoms. The number of carbonyl (C=O) groups excluding carboxylic acids is 1. The van der Waals surface area contributed by atoms with Crippen molar-refractivity contribution in [3.8, 4) is 0 Å². The molecular formula is C19H14N4O. The van der Waals surface area contributed by atoms with Crippen molar-refractivity contribution in [2.24, 2.45) is 0 Å². The third-order valence-electron chi connectivity index (χ3n) is 3.78. The maximum Gasteiger partial charge on any atom is 0.271 e. The van der Waals surface area contributed by atoms with Gasteiger partial charge in [0.25, 0.3) is 5.91 Å². The number of aromatic nitrogens is 2. The highest BCUT2D eigenvalue weighted by molar-refractivity contribution is 6.16. The fourth-order valence-electron chi connectivity index (χ4n) is 2.70. The number of nitrogens with one attached hydrogen (secondary N) is 2. The van der Waals surface area contributed by atoms with Gasteiger partial charge in [0.05, 0.1) is 16.6 Å². The molecule has 24 heavy (non-hydrogen) atoms. The first kappa shape index (κ1) is 14.1. The Morgan fingerprint density at radius 3 is 2.04 bits per heavy atom. The van der Waals surface area contributed by atoms with Crippen LogP contribution in [0.4, 0.5) is 5.82 Å². The molecule has 0 aliphatic heterocycles. The summed E-state index contributed by atoms with van der Waals surface area (Å²) in [5.74, 6) is 0.351. The lowest BCUT2D eigenvalue weighted by molar-refractivity contribution is 0.0965. The number of benzene rings is 2. The summed E-state index contributed by atoms with van der Waals surface area (Å²) in [5.41, 5.74) is 7.74. The van der Waals surface area contributed by atoms with Crippen LogP contribution in [0.3, 0.4) is 0 Å². The average Bonchev–Trinajstić information content (AvgIpc) is 2.65. The predicted octanol–water partition coefficient (Wildman–Crippen LogP) is 3.54. The van der Waals surface area contributed by atoms with E-state index in [2.05, 4.69) is 20.8 Å². The molecule has 4 rings (SSSR count). The predicted molar refractivity (Wildman–Crippen MR) is 94.6 cm³/mol. The second-order valence-electron chi connectivity index (χ2n) is 5.32. The fraction of sp³-hybridized carbons (Fsp3) is 0. The van der Waals surface area contributed by atoms with Crippen LogP contribution in [-0.2, 0) is 0 Å². The van der Waals surface area contributed by atoms with Crippen LogP contribution in [0.1, 0.15) is 10.4 Å². The Morgan fingerprint density at radius 2 is 1.42 bits per heavy atom. The number of carbonyl (C=O) groups is 1. The van der Waals surface area contributed by atoms with Crippen molar-refractivity contribution in [1.29, 1.82) is 0 Å². The van der Waals surface area contributed by atoms with E-state index in [0.29, 0.717) is 11.4 Å². The lowest BCUT2D eigenvalue weighted by atomic mass is 10.0. The van der Waals surface area contributed by atoms with Gasteiger partial charge in [-0.2, -0.15) is 0 Å². The van der Waals surface area contributed by atoms with E-state index in [1.165, 1.54) is 0 Å². The van der Waals surface area contributed by atoms with Crippen LogP contribution in [0.2, 0.25) is 0 Å². The molecule has 0 aliphatic carbocycles. The second kappa shape index (κ2) is 5.96. The maximum atomic E-state index is 12.8. The molecule has 2 aromatic heterocycles. The minimum Gasteiger partial charge on any atom is -0.282 e. The van der Waals surface area contributed by atoms with Gasteiger partial charge in [0.2, 0.25) is 0 Å². The Morgan fingerprint density at radius 1 is 0.792 bits per heavy atom. The van der Waals surface area contributed by atoms with E-state index >= 15 is 0 Å². The maximum absolute atomic E-state index is 12.8. The molecule has 0 bridgehead atoms. The topological polar surface area (TPSA) is 66.9 Å². The Kier molecular flexibility index (Phi) is 3.51. The summed E-state index contributed by atoms with van der Waals surface area (Å²) in [7, 11) is 0. The number of fused-ring (bicyclic) bond motifs is 2. The number of pyridine rings is 2. The molecule has 2 aromatic carbocycles. The van der Waals surface area contributed by atoms with Crippen molar-refractivity contribution >= 4 is 33.5 Å². The van der Waals surface area contributed by atoms with Crippen LogP contribution in [0.25, 0.3) is 21.8 Å². The minimum atomic E-state index is -0.226. The molecule has 0 radical (unpaired) electrons. The average molecular weight is 314 g/mol. The minimum absolute atomic E-state index is 0.226. The zero-order chi connectivity index (χ0) is 16.4. The van der Waals surface area contributed by atoms with Gasteiger partial charge in [-0.25, -0.2) is 9.97 Å². The molecule has 0 unspecified atom stereocenters. The summed E-state index contributed by atoms with van der Waals surface area (Å²) in [6, 6.07) is 20.7. The summed E-state index contributed by atoms with van der Waals surface area (Å²) in [6.07, 6.45) is 1.66. The number of hydrogen-bond acceptors (Lipinski definition) is 4. The monoisotopic (exact) mass is 314 g/mol. The van der Waals surface area contributed by atoms with E-state index in [4.69, 9.17) is 0 Å². The van der Waals surface area contributed by atoms with E-state index in [0.717, 1.165) is 21.8 Å². The molecule has 0 aliphatic rings. The third-order valence-corrected chi connectivity index (χ3v) is 3.78. The first-order chi connectivity index (χ1) is 11.8. The summed E-state index contributed by atoms with van der Waals surface area (Å²) in [6.45, 7) is 0. The van der Waals surface area contributed by atoms with Crippen molar-refractivity contribution in [3.05, 3.63) is 78.5 Å². The number of rotatable bonds is 3. The van der Waals surface area contributed by atoms with Crippen molar-refractivity contribution < 1.29 is 4.79 Å². The van der Waals surface area contributed by atoms with Crippen LogP contribution in [-0.4, -0.2) is 15.9 Å². The van der Waals surface area contributed by atoms with Gasteiger partial charge in [-0.05, 0) is 24.3 Å². The van der Waals surface area contributed by atoms with Gasteiger partial charge in [-0.3, -0.25) is 15.6 Å². The molecule has 116 valence electrons. The van der Waals surface area contributed by atoms with Crippen LogP contribution >= 0.6 is 0 Å². The second-order valence-corrected chi connectivity index (χ2v) is 5.32. The van der Waals surface area contributed by atoms with E-state index < -0.39 is 0 Å². The van der Waals surface area contributed by atoms with Gasteiger partial charge >= 0.3 is 0 Å². The first-order valence-electron chi connectivity index (χ1n) is 7.58. The number of amides is 1. The lowest BCUT2D eigenvalue weighted by Crippen LogP contribution is -2.30. The molecular weight excluding hydrogens is 300 g/mol. The van der Waals surface area contributed by atoms with Crippen molar-refractivity contribution in [2.75, 3.05) is 5.43 Å². The lowest BCUT2D eigenvalue weighted by Gasteiger charge is -2.12. The zero-order valence-corrected chi connectivity index (χ0v) is 12.7. The molecule has 0 fully saturated rings. The normalized spacial score (nSPS) is 10.7. The van der Waals surface area contributed by atoms with E-state index in [9.17, 15) is 4.79 Å². The van der Waals surface area contributed by atoms with E-state index in [1.54, 1.807) is 12.3 Å². The molecule has 2 N–H and O–H groups in total. The molecule has 0 saturated carbocycles. The Bertz CT molecular complexity index is 977. The molecule has 5 nitrogen and oxygen atoms in total. The number of para-hydroxylation sites is 2. The van der Waals surface area contributed by atoms with Crippen LogP contribution < -0.4 is 10.9 Å². The van der Waals surface area contributed by atoms with Crippen molar-refractivity contribution in [2.45, 2.75) is 0 Å². The largest absolute Gasteiger partial charge is 0.282 e. The first-order valence-corrected chi connectivity index (χ1v) is 7.58. The van der Waals surface area contributed by atoms with E-state index in [1.807, 2.05) is 60.7 Å². The summed E-state index contributed by atoms with van der Waals surface area (Å²) in [4.78, 5) is 21.6. The van der Waals surface area contributed by atoms with Gasteiger partial charge in [-0.1, -0.05) is 42.5 Å². The summed E-state index contributed by atoms with van der Waals surface area (Å²) in [5, 5.41) is 1.63. The summed E-state index contributed by atoms with van der Waals surface area (Å²) < 4.78 is 0. The zero-order valence-electron chi connectivity index (χ0n) is 12.7. The molecule has 0 saturated heterocycles. The highest BCUT2D eigenvalue weighted by Gasteiger charge is 2.15. The van der Waals surface area contributed by atoms with Gasteiger partial charge in [0, 0.05) is 17.0 Å². The molecule has 2 heterocycles. The van der Waals surface area contributed by atoms with Gasteiger partial charge < -0.3 is 0 Å². The Balaban J connectivity index is 1.79. The molecule has 4 aromatic rings. The quantitative estimate of drug-likeness (QED) is 0.448. The third kappa shape index (κ3) is 2.52.